The second kappa shape index (κ2) is 5.48. The highest BCUT2D eigenvalue weighted by atomic mass is 35.5. The lowest BCUT2D eigenvalue weighted by Gasteiger charge is -2.21. The summed E-state index contributed by atoms with van der Waals surface area (Å²) in [6.07, 6.45) is 1.04. The molecule has 11 heavy (non-hydrogen) atoms. The van der Waals surface area contributed by atoms with Crippen LogP contribution in [0.25, 0.3) is 0 Å². The van der Waals surface area contributed by atoms with Gasteiger partial charge in [0.05, 0.1) is 0 Å². The smallest absolute Gasteiger partial charge is 0.103 e. The van der Waals surface area contributed by atoms with Crippen molar-refractivity contribution in [2.24, 2.45) is 0 Å². The van der Waals surface area contributed by atoms with Crippen LogP contribution in [0, 0.1) is 0 Å². The molecule has 0 radical (unpaired) electrons. The number of nitrogens with zero attached hydrogens (tertiary/aromatic N) is 1. The lowest BCUT2D eigenvalue weighted by molar-refractivity contribution is 0.401. The van der Waals surface area contributed by atoms with Crippen LogP contribution in [-0.4, -0.2) is 18.0 Å². The zero-order valence-electron chi connectivity index (χ0n) is 7.95. The number of halogens is 1. The predicted octanol–water partition coefficient (Wildman–Crippen LogP) is 3.21. The van der Waals surface area contributed by atoms with Crippen LogP contribution in [0.1, 0.15) is 34.1 Å². The van der Waals surface area contributed by atoms with Crippen molar-refractivity contribution in [3.63, 3.8) is 0 Å². The van der Waals surface area contributed by atoms with E-state index in [0.717, 1.165) is 24.7 Å². The van der Waals surface area contributed by atoms with Crippen LogP contribution in [-0.2, 0) is 0 Å². The van der Waals surface area contributed by atoms with Gasteiger partial charge in [-0.1, -0.05) is 18.5 Å². The molecule has 0 aromatic heterocycles. The lowest BCUT2D eigenvalue weighted by atomic mass is 10.2. The van der Waals surface area contributed by atoms with E-state index in [9.17, 15) is 0 Å². The van der Waals surface area contributed by atoms with Gasteiger partial charge in [-0.25, -0.2) is 0 Å². The van der Waals surface area contributed by atoms with E-state index < -0.39 is 0 Å². The van der Waals surface area contributed by atoms with Crippen molar-refractivity contribution >= 4 is 11.6 Å². The first-order chi connectivity index (χ1) is 5.17. The minimum atomic E-state index is 0.928. The van der Waals surface area contributed by atoms with Gasteiger partial charge in [0.1, 0.15) is 5.16 Å². The summed E-state index contributed by atoms with van der Waals surface area (Å²) in [5.41, 5.74) is 1.27. The normalized spacial score (nSPS) is 12.8. The molecule has 2 heteroatoms. The fourth-order valence-electron chi connectivity index (χ4n) is 0.917. The van der Waals surface area contributed by atoms with E-state index in [1.54, 1.807) is 0 Å². The summed E-state index contributed by atoms with van der Waals surface area (Å²) in [6.45, 7) is 10.4. The third-order valence-corrected chi connectivity index (χ3v) is 2.49. The molecule has 0 saturated carbocycles. The van der Waals surface area contributed by atoms with Gasteiger partial charge >= 0.3 is 0 Å². The Kier molecular flexibility index (Phi) is 5.39. The Hall–Kier alpha value is -0.170. The molecule has 1 nitrogen and oxygen atoms in total. The van der Waals surface area contributed by atoms with Crippen molar-refractivity contribution in [1.82, 2.24) is 4.90 Å². The van der Waals surface area contributed by atoms with Crippen molar-refractivity contribution in [1.29, 1.82) is 0 Å². The molecule has 0 rings (SSSR count). The van der Waals surface area contributed by atoms with Crippen LogP contribution in [0.2, 0.25) is 0 Å². The Morgan fingerprint density at radius 3 is 1.91 bits per heavy atom. The fraction of sp³-hybridized carbons (Fsp3) is 0.778. The number of hydrogen-bond acceptors (Lipinski definition) is 1. The number of allylic oxidation sites excluding steroid dienone is 1. The fourth-order valence-corrected chi connectivity index (χ4v) is 1.29. The van der Waals surface area contributed by atoms with Crippen LogP contribution in [0.4, 0.5) is 0 Å². The van der Waals surface area contributed by atoms with Crippen LogP contribution < -0.4 is 0 Å². The molecule has 0 amide bonds. The van der Waals surface area contributed by atoms with Gasteiger partial charge in [-0.05, 0) is 32.8 Å². The van der Waals surface area contributed by atoms with Crippen molar-refractivity contribution in [2.75, 3.05) is 13.1 Å². The molecule has 66 valence electrons. The summed E-state index contributed by atoms with van der Waals surface area (Å²) in [6, 6.07) is 0. The molecule has 0 N–H and O–H groups in total. The Morgan fingerprint density at radius 1 is 1.18 bits per heavy atom. The summed E-state index contributed by atoms with van der Waals surface area (Å²) in [5.74, 6) is 0. The summed E-state index contributed by atoms with van der Waals surface area (Å²) in [7, 11) is 0. The highest BCUT2D eigenvalue weighted by Crippen LogP contribution is 2.16. The second-order valence-electron chi connectivity index (χ2n) is 2.60. The zero-order chi connectivity index (χ0) is 8.85. The van der Waals surface area contributed by atoms with E-state index in [2.05, 4.69) is 32.6 Å². The standard InChI is InChI=1S/C9H18ClN/c1-5-8(4)9(10)11(6-2)7-3/h5-7H2,1-4H3. The molecule has 0 aromatic carbocycles. The average molecular weight is 176 g/mol. The molecule has 0 fully saturated rings. The van der Waals surface area contributed by atoms with Crippen LogP contribution >= 0.6 is 11.6 Å². The third kappa shape index (κ3) is 3.15. The van der Waals surface area contributed by atoms with Gasteiger partial charge in [-0.15, -0.1) is 0 Å². The van der Waals surface area contributed by atoms with Crippen LogP contribution in [0.15, 0.2) is 10.7 Å². The maximum atomic E-state index is 6.10. The van der Waals surface area contributed by atoms with E-state index in [1.165, 1.54) is 5.57 Å². The highest BCUT2D eigenvalue weighted by Gasteiger charge is 2.03. The summed E-state index contributed by atoms with van der Waals surface area (Å²) in [4.78, 5) is 2.17. The van der Waals surface area contributed by atoms with Gasteiger partial charge in [-0.2, -0.15) is 0 Å². The molecule has 0 saturated heterocycles. The van der Waals surface area contributed by atoms with E-state index >= 15 is 0 Å². The Morgan fingerprint density at radius 2 is 1.64 bits per heavy atom. The molecule has 0 atom stereocenters. The topological polar surface area (TPSA) is 3.24 Å². The summed E-state index contributed by atoms with van der Waals surface area (Å²) >= 11 is 6.10. The molecule has 0 aliphatic heterocycles. The molecule has 0 spiro atoms. The van der Waals surface area contributed by atoms with Crippen LogP contribution in [0.5, 0.6) is 0 Å². The van der Waals surface area contributed by atoms with E-state index in [0.29, 0.717) is 0 Å². The lowest BCUT2D eigenvalue weighted by Crippen LogP contribution is -2.20. The molecule has 0 heterocycles. The van der Waals surface area contributed by atoms with E-state index in [-0.39, 0.29) is 0 Å². The van der Waals surface area contributed by atoms with Gasteiger partial charge < -0.3 is 4.90 Å². The van der Waals surface area contributed by atoms with Gasteiger partial charge in [-0.3, -0.25) is 0 Å². The molecular weight excluding hydrogens is 158 g/mol. The van der Waals surface area contributed by atoms with Crippen molar-refractivity contribution < 1.29 is 0 Å². The van der Waals surface area contributed by atoms with Gasteiger partial charge in [0.2, 0.25) is 0 Å². The molecule has 0 aliphatic carbocycles. The number of hydrogen-bond donors (Lipinski definition) is 0. The van der Waals surface area contributed by atoms with E-state index in [1.807, 2.05) is 0 Å². The molecule has 0 unspecified atom stereocenters. The SMILES string of the molecule is CCC(C)=C(Cl)N(CC)CC. The zero-order valence-corrected chi connectivity index (χ0v) is 8.70. The van der Waals surface area contributed by atoms with Gasteiger partial charge in [0.15, 0.2) is 0 Å². The second-order valence-corrected chi connectivity index (χ2v) is 2.95. The predicted molar refractivity (Wildman–Crippen MR) is 51.8 cm³/mol. The molecule has 0 aromatic rings. The monoisotopic (exact) mass is 175 g/mol. The largest absolute Gasteiger partial charge is 0.363 e. The van der Waals surface area contributed by atoms with Crippen molar-refractivity contribution in [3.8, 4) is 0 Å². The summed E-state index contributed by atoms with van der Waals surface area (Å²) < 4.78 is 0. The van der Waals surface area contributed by atoms with Crippen molar-refractivity contribution in [2.45, 2.75) is 34.1 Å². The first-order valence-electron chi connectivity index (χ1n) is 4.27. The Balaban J connectivity index is 4.28. The first-order valence-corrected chi connectivity index (χ1v) is 4.65. The van der Waals surface area contributed by atoms with Crippen LogP contribution in [0.3, 0.4) is 0 Å². The average Bonchev–Trinajstić information content (AvgIpc) is 2.05. The first kappa shape index (κ1) is 10.8. The summed E-state index contributed by atoms with van der Waals surface area (Å²) in [5, 5.41) is 0.928. The van der Waals surface area contributed by atoms with E-state index in [4.69, 9.17) is 11.6 Å². The molecular formula is C9H18ClN. The number of rotatable bonds is 4. The highest BCUT2D eigenvalue weighted by molar-refractivity contribution is 6.29. The Bertz CT molecular complexity index is 136. The Labute approximate surface area is 75.0 Å². The maximum absolute atomic E-state index is 6.10. The molecule has 0 bridgehead atoms. The third-order valence-electron chi connectivity index (χ3n) is 1.92. The minimum Gasteiger partial charge on any atom is -0.363 e. The molecule has 0 aliphatic rings. The quantitative estimate of drug-likeness (QED) is 0.594. The van der Waals surface area contributed by atoms with Crippen molar-refractivity contribution in [3.05, 3.63) is 10.7 Å². The van der Waals surface area contributed by atoms with Gasteiger partial charge in [0.25, 0.3) is 0 Å². The minimum absolute atomic E-state index is 0.928. The maximum Gasteiger partial charge on any atom is 0.103 e. The van der Waals surface area contributed by atoms with Gasteiger partial charge in [0, 0.05) is 13.1 Å².